The van der Waals surface area contributed by atoms with Gasteiger partial charge in [-0.1, -0.05) is 12.2 Å². The van der Waals surface area contributed by atoms with Gasteiger partial charge in [0.05, 0.1) is 18.4 Å². The number of Topliss-reactive ketones (excluding diaryl/α,β-unsaturated/α-hetero) is 1. The van der Waals surface area contributed by atoms with Gasteiger partial charge in [-0.15, -0.1) is 13.2 Å². The summed E-state index contributed by atoms with van der Waals surface area (Å²) in [7, 11) is 1.53. The molecular formula is C15H20N2O2. The Hall–Kier alpha value is -2.23. The summed E-state index contributed by atoms with van der Waals surface area (Å²) in [6, 6.07) is 3.56. The first-order valence-corrected chi connectivity index (χ1v) is 6.00. The normalized spacial score (nSPS) is 9.79. The summed E-state index contributed by atoms with van der Waals surface area (Å²) in [5.74, 6) is 0.379. The van der Waals surface area contributed by atoms with Crippen molar-refractivity contribution < 1.29 is 9.53 Å². The third kappa shape index (κ3) is 3.16. The van der Waals surface area contributed by atoms with Gasteiger partial charge in [0.1, 0.15) is 0 Å². The highest BCUT2D eigenvalue weighted by molar-refractivity contribution is 6.03. The molecule has 1 rings (SSSR count). The lowest BCUT2D eigenvalue weighted by Gasteiger charge is -2.25. The molecule has 0 radical (unpaired) electrons. The summed E-state index contributed by atoms with van der Waals surface area (Å²) >= 11 is 0. The molecule has 0 heterocycles. The summed E-state index contributed by atoms with van der Waals surface area (Å²) in [6.45, 7) is 10.2. The van der Waals surface area contributed by atoms with E-state index >= 15 is 0 Å². The number of methoxy groups -OCH3 is 1. The van der Waals surface area contributed by atoms with Crippen LogP contribution < -0.4 is 15.4 Å². The minimum atomic E-state index is -0.117. The van der Waals surface area contributed by atoms with Crippen LogP contribution in [0.3, 0.4) is 0 Å². The SMILES string of the molecule is C=CCN(CC=C)c1ccc(N)c(C(C)=O)c1OC. The third-order valence-electron chi connectivity index (χ3n) is 2.76. The molecule has 0 spiro atoms. The van der Waals surface area contributed by atoms with E-state index in [2.05, 4.69) is 13.2 Å². The molecule has 0 aliphatic rings. The molecule has 0 aliphatic carbocycles. The van der Waals surface area contributed by atoms with E-state index in [1.54, 1.807) is 18.2 Å². The number of nitrogen functional groups attached to an aromatic ring is 1. The number of carbonyl (C=O) groups excluding carboxylic acids is 1. The Kier molecular flexibility index (Phi) is 5.18. The van der Waals surface area contributed by atoms with Crippen LogP contribution in [0.15, 0.2) is 37.4 Å². The molecule has 0 saturated carbocycles. The molecule has 19 heavy (non-hydrogen) atoms. The minimum absolute atomic E-state index is 0.117. The summed E-state index contributed by atoms with van der Waals surface area (Å²) in [6.07, 6.45) is 3.57. The standard InChI is InChI=1S/C15H20N2O2/c1-5-9-17(10-6-2)13-8-7-12(16)14(11(3)18)15(13)19-4/h5-8H,1-2,9-10,16H2,3-4H3. The van der Waals surface area contributed by atoms with Crippen molar-refractivity contribution in [2.24, 2.45) is 0 Å². The lowest BCUT2D eigenvalue weighted by atomic mass is 10.1. The van der Waals surface area contributed by atoms with Crippen LogP contribution >= 0.6 is 0 Å². The Bertz CT molecular complexity index is 485. The van der Waals surface area contributed by atoms with Gasteiger partial charge in [-0.25, -0.2) is 0 Å². The number of hydrogen-bond acceptors (Lipinski definition) is 4. The number of nitrogens with two attached hydrogens (primary N) is 1. The predicted octanol–water partition coefficient (Wildman–Crippen LogP) is 2.66. The lowest BCUT2D eigenvalue weighted by Crippen LogP contribution is -2.24. The fraction of sp³-hybridized carbons (Fsp3) is 0.267. The van der Waals surface area contributed by atoms with E-state index in [9.17, 15) is 4.79 Å². The quantitative estimate of drug-likeness (QED) is 0.465. The highest BCUT2D eigenvalue weighted by Crippen LogP contribution is 2.36. The van der Waals surface area contributed by atoms with Crippen LogP contribution in [0, 0.1) is 0 Å². The zero-order valence-corrected chi connectivity index (χ0v) is 11.5. The molecule has 0 aromatic heterocycles. The smallest absolute Gasteiger partial charge is 0.165 e. The molecule has 1 aromatic carbocycles. The molecular weight excluding hydrogens is 240 g/mol. The van der Waals surface area contributed by atoms with Crippen molar-refractivity contribution in [1.82, 2.24) is 0 Å². The number of rotatable bonds is 7. The van der Waals surface area contributed by atoms with Gasteiger partial charge in [0.2, 0.25) is 0 Å². The summed E-state index contributed by atoms with van der Waals surface area (Å²) < 4.78 is 5.38. The van der Waals surface area contributed by atoms with Gasteiger partial charge in [0.15, 0.2) is 11.5 Å². The van der Waals surface area contributed by atoms with Crippen molar-refractivity contribution >= 4 is 17.2 Å². The molecule has 102 valence electrons. The van der Waals surface area contributed by atoms with Gasteiger partial charge in [-0.3, -0.25) is 4.79 Å². The maximum Gasteiger partial charge on any atom is 0.165 e. The average Bonchev–Trinajstić information content (AvgIpc) is 2.37. The van der Waals surface area contributed by atoms with E-state index in [0.29, 0.717) is 30.1 Å². The number of carbonyl (C=O) groups is 1. The molecule has 0 atom stereocenters. The van der Waals surface area contributed by atoms with E-state index in [4.69, 9.17) is 10.5 Å². The molecule has 0 saturated heterocycles. The first-order valence-electron chi connectivity index (χ1n) is 6.00. The lowest BCUT2D eigenvalue weighted by molar-refractivity contribution is 0.101. The van der Waals surface area contributed by atoms with Crippen LogP contribution in [0.4, 0.5) is 11.4 Å². The molecule has 0 unspecified atom stereocenters. The van der Waals surface area contributed by atoms with E-state index in [-0.39, 0.29) is 5.78 Å². The van der Waals surface area contributed by atoms with Crippen molar-refractivity contribution in [2.75, 3.05) is 30.8 Å². The fourth-order valence-corrected chi connectivity index (χ4v) is 1.99. The molecule has 4 nitrogen and oxygen atoms in total. The van der Waals surface area contributed by atoms with Crippen LogP contribution in [0.5, 0.6) is 5.75 Å². The Morgan fingerprint density at radius 2 is 1.95 bits per heavy atom. The molecule has 0 bridgehead atoms. The largest absolute Gasteiger partial charge is 0.494 e. The van der Waals surface area contributed by atoms with E-state index in [1.807, 2.05) is 11.0 Å². The second kappa shape index (κ2) is 6.64. The number of anilines is 2. The van der Waals surface area contributed by atoms with Gasteiger partial charge >= 0.3 is 0 Å². The Morgan fingerprint density at radius 3 is 2.37 bits per heavy atom. The summed E-state index contributed by atoms with van der Waals surface area (Å²) in [4.78, 5) is 13.7. The topological polar surface area (TPSA) is 55.6 Å². The number of hydrogen-bond donors (Lipinski definition) is 1. The second-order valence-electron chi connectivity index (χ2n) is 4.12. The Morgan fingerprint density at radius 1 is 1.37 bits per heavy atom. The molecule has 0 aliphatic heterocycles. The van der Waals surface area contributed by atoms with E-state index in [1.165, 1.54) is 14.0 Å². The van der Waals surface area contributed by atoms with Gasteiger partial charge in [0, 0.05) is 18.8 Å². The zero-order valence-electron chi connectivity index (χ0n) is 11.5. The number of ketones is 1. The molecule has 4 heteroatoms. The van der Waals surface area contributed by atoms with Gasteiger partial charge in [0.25, 0.3) is 0 Å². The Labute approximate surface area is 114 Å². The van der Waals surface area contributed by atoms with Gasteiger partial charge < -0.3 is 15.4 Å². The molecule has 2 N–H and O–H groups in total. The van der Waals surface area contributed by atoms with E-state index < -0.39 is 0 Å². The van der Waals surface area contributed by atoms with Crippen molar-refractivity contribution in [3.63, 3.8) is 0 Å². The molecule has 0 fully saturated rings. The highest BCUT2D eigenvalue weighted by Gasteiger charge is 2.19. The summed E-state index contributed by atoms with van der Waals surface area (Å²) in [5.41, 5.74) is 7.50. The van der Waals surface area contributed by atoms with Crippen LogP contribution in [0.25, 0.3) is 0 Å². The number of benzene rings is 1. The monoisotopic (exact) mass is 260 g/mol. The number of nitrogens with zero attached hydrogens (tertiary/aromatic N) is 1. The Balaban J connectivity index is 3.40. The highest BCUT2D eigenvalue weighted by atomic mass is 16.5. The minimum Gasteiger partial charge on any atom is -0.494 e. The molecule has 0 amide bonds. The second-order valence-corrected chi connectivity index (χ2v) is 4.12. The van der Waals surface area contributed by atoms with Gasteiger partial charge in [-0.05, 0) is 19.1 Å². The summed E-state index contributed by atoms with van der Waals surface area (Å²) in [5, 5.41) is 0. The van der Waals surface area contributed by atoms with Crippen LogP contribution in [0.1, 0.15) is 17.3 Å². The van der Waals surface area contributed by atoms with Crippen LogP contribution in [-0.2, 0) is 0 Å². The number of ether oxygens (including phenoxy) is 1. The predicted molar refractivity (Wildman–Crippen MR) is 80.0 cm³/mol. The van der Waals surface area contributed by atoms with Crippen LogP contribution in [-0.4, -0.2) is 26.0 Å². The maximum atomic E-state index is 11.7. The van der Waals surface area contributed by atoms with Crippen molar-refractivity contribution in [1.29, 1.82) is 0 Å². The molecule has 1 aromatic rings. The van der Waals surface area contributed by atoms with Crippen LogP contribution in [0.2, 0.25) is 0 Å². The first-order chi connectivity index (χ1) is 9.06. The van der Waals surface area contributed by atoms with Crippen molar-refractivity contribution in [3.8, 4) is 5.75 Å². The van der Waals surface area contributed by atoms with Crippen molar-refractivity contribution in [3.05, 3.63) is 43.0 Å². The van der Waals surface area contributed by atoms with Crippen molar-refractivity contribution in [2.45, 2.75) is 6.92 Å². The third-order valence-corrected chi connectivity index (χ3v) is 2.76. The van der Waals surface area contributed by atoms with E-state index in [0.717, 1.165) is 5.69 Å². The fourth-order valence-electron chi connectivity index (χ4n) is 1.99. The van der Waals surface area contributed by atoms with Gasteiger partial charge in [-0.2, -0.15) is 0 Å². The zero-order chi connectivity index (χ0) is 14.4. The first kappa shape index (κ1) is 14.8. The average molecular weight is 260 g/mol. The maximum absolute atomic E-state index is 11.7.